The summed E-state index contributed by atoms with van der Waals surface area (Å²) < 4.78 is 36.5. The van der Waals surface area contributed by atoms with Gasteiger partial charge in [-0.05, 0) is 55.0 Å². The van der Waals surface area contributed by atoms with Gasteiger partial charge >= 0.3 is 6.03 Å². The number of carbonyl (C=O) groups excluding carboxylic acids is 1. The first kappa shape index (κ1) is 24.6. The van der Waals surface area contributed by atoms with Crippen LogP contribution in [0.2, 0.25) is 0 Å². The molecule has 1 atom stereocenters. The average molecular weight is 515 g/mol. The minimum Gasteiger partial charge on any atom is -0.485 e. The van der Waals surface area contributed by atoms with Crippen LogP contribution >= 0.6 is 0 Å². The van der Waals surface area contributed by atoms with E-state index < -0.39 is 6.03 Å². The number of nitrogens with zero attached hydrogens (tertiary/aromatic N) is 2. The Labute approximate surface area is 217 Å². The molecular weight excluding hydrogens is 491 g/mol. The Morgan fingerprint density at radius 2 is 1.82 bits per heavy atom. The Morgan fingerprint density at radius 3 is 2.55 bits per heavy atom. The Kier molecular flexibility index (Phi) is 7.08. The molecule has 192 valence electrons. The van der Waals surface area contributed by atoms with Crippen LogP contribution < -0.4 is 29.6 Å². The lowest BCUT2D eigenvalue weighted by atomic mass is 10.1. The van der Waals surface area contributed by atoms with Crippen LogP contribution in [0.5, 0.6) is 28.7 Å². The number of amides is 2. The van der Waals surface area contributed by atoms with Gasteiger partial charge in [-0.3, -0.25) is 4.98 Å². The third kappa shape index (κ3) is 5.37. The molecule has 0 fully saturated rings. The maximum atomic E-state index is 13.1. The molecular formula is C28H23FN4O5. The number of fused-ring (bicyclic) bond motifs is 3. The van der Waals surface area contributed by atoms with Crippen molar-refractivity contribution in [3.63, 3.8) is 0 Å². The van der Waals surface area contributed by atoms with Crippen molar-refractivity contribution < 1.29 is 28.1 Å². The highest BCUT2D eigenvalue weighted by molar-refractivity contribution is 5.95. The summed E-state index contributed by atoms with van der Waals surface area (Å²) in [5, 5.41) is 15.1. The van der Waals surface area contributed by atoms with Crippen LogP contribution in [0.1, 0.15) is 18.5 Å². The molecule has 2 amide bonds. The number of rotatable bonds is 7. The fourth-order valence-electron chi connectivity index (χ4n) is 4.01. The molecule has 3 aromatic carbocycles. The molecule has 0 saturated carbocycles. The van der Waals surface area contributed by atoms with Gasteiger partial charge in [0.2, 0.25) is 5.75 Å². The number of benzene rings is 3. The van der Waals surface area contributed by atoms with Crippen molar-refractivity contribution in [3.05, 3.63) is 78.2 Å². The number of halogens is 1. The standard InChI is InChI=1S/C28H23FN4O5/c1-17(18-2-4-19(29)5-3-18)32-28(34)33-20-6-8-21(9-7-20)38-23-10-12-31-22-16-24(35-13-11-30)26-27(25(22)23)37-15-14-36-26/h2-10,12,16-17H,13-15H2,1H3,(H2,32,33,34)/t17-/m1/s1. The van der Waals surface area contributed by atoms with Crippen LogP contribution in [0.15, 0.2) is 66.9 Å². The third-order valence-corrected chi connectivity index (χ3v) is 5.79. The molecule has 4 aromatic rings. The number of ether oxygens (including phenoxy) is 4. The maximum absolute atomic E-state index is 13.1. The van der Waals surface area contributed by atoms with Crippen molar-refractivity contribution >= 4 is 22.6 Å². The van der Waals surface area contributed by atoms with Gasteiger partial charge < -0.3 is 29.6 Å². The van der Waals surface area contributed by atoms with E-state index in [0.717, 1.165) is 5.56 Å². The summed E-state index contributed by atoms with van der Waals surface area (Å²) in [7, 11) is 0. The van der Waals surface area contributed by atoms with Crippen molar-refractivity contribution in [3.8, 4) is 34.8 Å². The number of nitriles is 1. The molecule has 5 rings (SSSR count). The highest BCUT2D eigenvalue weighted by Gasteiger charge is 2.24. The van der Waals surface area contributed by atoms with Crippen molar-refractivity contribution in [2.75, 3.05) is 25.1 Å². The molecule has 0 spiro atoms. The summed E-state index contributed by atoms with van der Waals surface area (Å²) in [6, 6.07) is 17.5. The first-order valence-electron chi connectivity index (χ1n) is 11.8. The van der Waals surface area contributed by atoms with E-state index >= 15 is 0 Å². The molecule has 0 radical (unpaired) electrons. The van der Waals surface area contributed by atoms with E-state index in [0.29, 0.717) is 58.6 Å². The van der Waals surface area contributed by atoms with Gasteiger partial charge in [0.1, 0.15) is 36.6 Å². The lowest BCUT2D eigenvalue weighted by Gasteiger charge is -2.23. The SMILES string of the molecule is C[C@@H](NC(=O)Nc1ccc(Oc2ccnc3cc(OCC#N)c4c(c23)OCCO4)cc1)c1ccc(F)cc1. The zero-order valence-corrected chi connectivity index (χ0v) is 20.4. The van der Waals surface area contributed by atoms with E-state index in [4.69, 9.17) is 24.2 Å². The van der Waals surface area contributed by atoms with Gasteiger partial charge in [-0.15, -0.1) is 0 Å². The summed E-state index contributed by atoms with van der Waals surface area (Å²) in [6.45, 7) is 2.37. The first-order chi connectivity index (χ1) is 18.5. The van der Waals surface area contributed by atoms with E-state index in [1.165, 1.54) is 12.1 Å². The van der Waals surface area contributed by atoms with Crippen LogP contribution in [0, 0.1) is 17.1 Å². The number of urea groups is 1. The molecule has 10 heteroatoms. The summed E-state index contributed by atoms with van der Waals surface area (Å²) in [5.41, 5.74) is 1.91. The van der Waals surface area contributed by atoms with Crippen molar-refractivity contribution in [2.24, 2.45) is 0 Å². The number of anilines is 1. The molecule has 1 aliphatic heterocycles. The van der Waals surface area contributed by atoms with Crippen molar-refractivity contribution in [2.45, 2.75) is 13.0 Å². The minimum absolute atomic E-state index is 0.138. The fourth-order valence-corrected chi connectivity index (χ4v) is 4.01. The molecule has 0 unspecified atom stereocenters. The second-order valence-corrected chi connectivity index (χ2v) is 8.38. The number of aromatic nitrogens is 1. The number of hydrogen-bond acceptors (Lipinski definition) is 7. The monoisotopic (exact) mass is 514 g/mol. The minimum atomic E-state index is -0.395. The summed E-state index contributed by atoms with van der Waals surface area (Å²) in [4.78, 5) is 16.8. The molecule has 9 nitrogen and oxygen atoms in total. The van der Waals surface area contributed by atoms with Gasteiger partial charge in [0.05, 0.1) is 16.9 Å². The van der Waals surface area contributed by atoms with E-state index in [9.17, 15) is 9.18 Å². The number of nitrogens with one attached hydrogen (secondary N) is 2. The second kappa shape index (κ2) is 10.9. The van der Waals surface area contributed by atoms with E-state index in [1.807, 2.05) is 13.0 Å². The number of carbonyl (C=O) groups is 1. The quantitative estimate of drug-likeness (QED) is 0.324. The second-order valence-electron chi connectivity index (χ2n) is 8.38. The molecule has 0 bridgehead atoms. The van der Waals surface area contributed by atoms with Crippen molar-refractivity contribution in [1.82, 2.24) is 10.3 Å². The highest BCUT2D eigenvalue weighted by atomic mass is 19.1. The summed E-state index contributed by atoms with van der Waals surface area (Å²) in [6.07, 6.45) is 1.60. The fraction of sp³-hybridized carbons (Fsp3) is 0.179. The normalized spacial score (nSPS) is 12.8. The number of hydrogen-bond donors (Lipinski definition) is 2. The predicted molar refractivity (Wildman–Crippen MR) is 137 cm³/mol. The highest BCUT2D eigenvalue weighted by Crippen LogP contribution is 2.48. The molecule has 1 aromatic heterocycles. The lowest BCUT2D eigenvalue weighted by molar-refractivity contribution is 0.166. The van der Waals surface area contributed by atoms with E-state index in [-0.39, 0.29) is 18.5 Å². The third-order valence-electron chi connectivity index (χ3n) is 5.79. The summed E-state index contributed by atoms with van der Waals surface area (Å²) >= 11 is 0. The lowest BCUT2D eigenvalue weighted by Crippen LogP contribution is -2.31. The Bertz CT molecular complexity index is 1500. The van der Waals surface area contributed by atoms with Crippen LogP contribution in [0.4, 0.5) is 14.9 Å². The Balaban J connectivity index is 1.31. The van der Waals surface area contributed by atoms with Crippen LogP contribution in [0.3, 0.4) is 0 Å². The Hall–Kier alpha value is -5.04. The number of pyridine rings is 1. The molecule has 2 heterocycles. The van der Waals surface area contributed by atoms with Crippen LogP contribution in [-0.4, -0.2) is 30.8 Å². The molecule has 0 aliphatic carbocycles. The topological polar surface area (TPSA) is 115 Å². The van der Waals surface area contributed by atoms with Gasteiger partial charge in [0.15, 0.2) is 18.1 Å². The van der Waals surface area contributed by atoms with Gasteiger partial charge in [-0.25, -0.2) is 9.18 Å². The van der Waals surface area contributed by atoms with Gasteiger partial charge in [0.25, 0.3) is 0 Å². The van der Waals surface area contributed by atoms with Gasteiger partial charge in [-0.2, -0.15) is 5.26 Å². The zero-order chi connectivity index (χ0) is 26.5. The van der Waals surface area contributed by atoms with Crippen LogP contribution in [0.25, 0.3) is 10.9 Å². The Morgan fingerprint density at radius 1 is 1.08 bits per heavy atom. The van der Waals surface area contributed by atoms with E-state index in [2.05, 4.69) is 15.6 Å². The average Bonchev–Trinajstić information content (AvgIpc) is 2.93. The maximum Gasteiger partial charge on any atom is 0.319 e. The smallest absolute Gasteiger partial charge is 0.319 e. The summed E-state index contributed by atoms with van der Waals surface area (Å²) in [5.74, 6) is 1.91. The molecule has 1 aliphatic rings. The molecule has 0 saturated heterocycles. The van der Waals surface area contributed by atoms with Gasteiger partial charge in [0, 0.05) is 18.0 Å². The van der Waals surface area contributed by atoms with Crippen LogP contribution in [-0.2, 0) is 0 Å². The van der Waals surface area contributed by atoms with Crippen molar-refractivity contribution in [1.29, 1.82) is 5.26 Å². The molecule has 38 heavy (non-hydrogen) atoms. The largest absolute Gasteiger partial charge is 0.485 e. The predicted octanol–water partition coefficient (Wildman–Crippen LogP) is 5.72. The van der Waals surface area contributed by atoms with Gasteiger partial charge in [-0.1, -0.05) is 12.1 Å². The molecule has 2 N–H and O–H groups in total. The first-order valence-corrected chi connectivity index (χ1v) is 11.8. The zero-order valence-electron chi connectivity index (χ0n) is 20.4. The van der Waals surface area contributed by atoms with E-state index in [1.54, 1.807) is 54.7 Å².